The lowest BCUT2D eigenvalue weighted by Gasteiger charge is -2.40. The SMILES string of the molecule is Cc1ccc2c(c1)N[C@]1(CCC(=O)N([C@@H](C)C(=O)NCC3CCCCC3)CC1)NC2=O. The minimum Gasteiger partial charge on any atom is -0.362 e. The van der Waals surface area contributed by atoms with Crippen molar-refractivity contribution in [2.24, 2.45) is 5.92 Å². The highest BCUT2D eigenvalue weighted by molar-refractivity contribution is 6.02. The molecule has 3 aliphatic rings. The molecule has 3 amide bonds. The van der Waals surface area contributed by atoms with Gasteiger partial charge in [0.1, 0.15) is 11.7 Å². The van der Waals surface area contributed by atoms with Crippen molar-refractivity contribution < 1.29 is 14.4 Å². The van der Waals surface area contributed by atoms with Crippen LogP contribution in [0.15, 0.2) is 18.2 Å². The Morgan fingerprint density at radius 2 is 1.97 bits per heavy atom. The molecule has 168 valence electrons. The van der Waals surface area contributed by atoms with Crippen LogP contribution in [-0.2, 0) is 9.59 Å². The predicted molar refractivity (Wildman–Crippen MR) is 120 cm³/mol. The molecule has 2 atom stereocenters. The number of hydrogen-bond donors (Lipinski definition) is 3. The topological polar surface area (TPSA) is 90.5 Å². The molecule has 1 aromatic rings. The van der Waals surface area contributed by atoms with E-state index in [1.807, 2.05) is 25.1 Å². The van der Waals surface area contributed by atoms with Crippen molar-refractivity contribution in [1.82, 2.24) is 15.5 Å². The van der Waals surface area contributed by atoms with E-state index >= 15 is 0 Å². The lowest BCUT2D eigenvalue weighted by molar-refractivity contribution is -0.139. The van der Waals surface area contributed by atoms with E-state index in [0.29, 0.717) is 37.4 Å². The fraction of sp³-hybridized carbons (Fsp3) is 0.625. The highest BCUT2D eigenvalue weighted by Crippen LogP contribution is 2.32. The van der Waals surface area contributed by atoms with Gasteiger partial charge in [-0.1, -0.05) is 25.3 Å². The second-order valence-corrected chi connectivity index (χ2v) is 9.47. The first-order chi connectivity index (χ1) is 14.9. The number of amides is 3. The molecule has 7 nitrogen and oxygen atoms in total. The number of carbonyl (C=O) groups excluding carboxylic acids is 3. The maximum atomic E-state index is 12.9. The summed E-state index contributed by atoms with van der Waals surface area (Å²) in [6.45, 7) is 4.92. The third kappa shape index (κ3) is 4.70. The maximum Gasteiger partial charge on any atom is 0.255 e. The van der Waals surface area contributed by atoms with E-state index in [-0.39, 0.29) is 24.1 Å². The Balaban J connectivity index is 1.40. The van der Waals surface area contributed by atoms with Crippen LogP contribution in [-0.4, -0.2) is 47.4 Å². The van der Waals surface area contributed by atoms with Crippen LogP contribution in [0.2, 0.25) is 0 Å². The summed E-state index contributed by atoms with van der Waals surface area (Å²) in [6.07, 6.45) is 7.46. The number of anilines is 1. The Kier molecular flexibility index (Phi) is 6.21. The number of nitrogens with zero attached hydrogens (tertiary/aromatic N) is 1. The molecule has 0 unspecified atom stereocenters. The van der Waals surface area contributed by atoms with Gasteiger partial charge in [-0.25, -0.2) is 0 Å². The van der Waals surface area contributed by atoms with Crippen molar-refractivity contribution in [3.8, 4) is 0 Å². The summed E-state index contributed by atoms with van der Waals surface area (Å²) >= 11 is 0. The molecule has 1 aliphatic carbocycles. The molecule has 0 aromatic heterocycles. The van der Waals surface area contributed by atoms with Gasteiger partial charge >= 0.3 is 0 Å². The molecule has 4 rings (SSSR count). The molecule has 0 radical (unpaired) electrons. The molecule has 7 heteroatoms. The van der Waals surface area contributed by atoms with Gasteiger partial charge in [-0.3, -0.25) is 14.4 Å². The standard InChI is InChI=1S/C24H34N4O3/c1-16-8-9-19-20(14-16)26-24(27-23(19)31)11-10-21(29)28(13-12-24)17(2)22(30)25-15-18-6-4-3-5-7-18/h8-9,14,17-18,26H,3-7,10-13,15H2,1-2H3,(H,25,30)(H,27,31)/t17-,24+/m0/s1. The summed E-state index contributed by atoms with van der Waals surface area (Å²) < 4.78 is 0. The fourth-order valence-corrected chi connectivity index (χ4v) is 5.14. The average molecular weight is 427 g/mol. The van der Waals surface area contributed by atoms with E-state index in [4.69, 9.17) is 0 Å². The minimum atomic E-state index is -0.666. The van der Waals surface area contributed by atoms with E-state index in [1.165, 1.54) is 32.1 Å². The van der Waals surface area contributed by atoms with Gasteiger partial charge in [0, 0.05) is 31.6 Å². The quantitative estimate of drug-likeness (QED) is 0.690. The van der Waals surface area contributed by atoms with Crippen LogP contribution in [0.4, 0.5) is 5.69 Å². The van der Waals surface area contributed by atoms with Gasteiger partial charge < -0.3 is 20.9 Å². The summed E-state index contributed by atoms with van der Waals surface area (Å²) in [4.78, 5) is 40.0. The normalized spacial score (nSPS) is 25.3. The zero-order valence-corrected chi connectivity index (χ0v) is 18.6. The minimum absolute atomic E-state index is 0.0386. The van der Waals surface area contributed by atoms with E-state index in [1.54, 1.807) is 11.8 Å². The number of benzene rings is 1. The molecule has 2 aliphatic heterocycles. The zero-order valence-electron chi connectivity index (χ0n) is 18.6. The van der Waals surface area contributed by atoms with Gasteiger partial charge in [0.05, 0.1) is 5.56 Å². The first-order valence-corrected chi connectivity index (χ1v) is 11.7. The van der Waals surface area contributed by atoms with E-state index in [9.17, 15) is 14.4 Å². The third-order valence-corrected chi connectivity index (χ3v) is 7.15. The molecule has 0 bridgehead atoms. The number of nitrogens with one attached hydrogen (secondary N) is 3. The van der Waals surface area contributed by atoms with Crippen LogP contribution in [0.25, 0.3) is 0 Å². The molecule has 1 aromatic carbocycles. The van der Waals surface area contributed by atoms with Crippen LogP contribution in [0, 0.1) is 12.8 Å². The van der Waals surface area contributed by atoms with E-state index in [2.05, 4.69) is 16.0 Å². The van der Waals surface area contributed by atoms with Crippen molar-refractivity contribution in [2.75, 3.05) is 18.4 Å². The van der Waals surface area contributed by atoms with Crippen LogP contribution in [0.1, 0.15) is 74.2 Å². The molecule has 2 heterocycles. The van der Waals surface area contributed by atoms with Gasteiger partial charge in [0.2, 0.25) is 11.8 Å². The van der Waals surface area contributed by atoms with Crippen molar-refractivity contribution in [1.29, 1.82) is 0 Å². The molecule has 2 fully saturated rings. The smallest absolute Gasteiger partial charge is 0.255 e. The molecular formula is C24H34N4O3. The van der Waals surface area contributed by atoms with Gasteiger partial charge in [0.25, 0.3) is 5.91 Å². The molecule has 31 heavy (non-hydrogen) atoms. The Labute approximate surface area is 184 Å². The lowest BCUT2D eigenvalue weighted by atomic mass is 9.89. The van der Waals surface area contributed by atoms with Crippen molar-refractivity contribution in [3.63, 3.8) is 0 Å². The van der Waals surface area contributed by atoms with Gasteiger partial charge in [-0.15, -0.1) is 0 Å². The first kappa shape index (κ1) is 21.7. The summed E-state index contributed by atoms with van der Waals surface area (Å²) in [5.41, 5.74) is 1.84. The Morgan fingerprint density at radius 3 is 2.74 bits per heavy atom. The van der Waals surface area contributed by atoms with Gasteiger partial charge in [-0.05, 0) is 56.7 Å². The Hall–Kier alpha value is -2.57. The summed E-state index contributed by atoms with van der Waals surface area (Å²) in [7, 11) is 0. The average Bonchev–Trinajstić information content (AvgIpc) is 2.91. The molecule has 1 saturated heterocycles. The summed E-state index contributed by atoms with van der Waals surface area (Å²) in [5.74, 6) is 0.311. The summed E-state index contributed by atoms with van der Waals surface area (Å²) in [6, 6.07) is 5.21. The highest BCUT2D eigenvalue weighted by atomic mass is 16.2. The summed E-state index contributed by atoms with van der Waals surface area (Å²) in [5, 5.41) is 9.65. The van der Waals surface area contributed by atoms with Crippen LogP contribution in [0.5, 0.6) is 0 Å². The van der Waals surface area contributed by atoms with Crippen molar-refractivity contribution in [3.05, 3.63) is 29.3 Å². The second kappa shape index (κ2) is 8.89. The van der Waals surface area contributed by atoms with Crippen LogP contribution in [0.3, 0.4) is 0 Å². The predicted octanol–water partition coefficient (Wildman–Crippen LogP) is 2.94. The molecule has 3 N–H and O–H groups in total. The Bertz CT molecular complexity index is 864. The number of fused-ring (bicyclic) bond motifs is 1. The molecular weight excluding hydrogens is 392 g/mol. The first-order valence-electron chi connectivity index (χ1n) is 11.7. The van der Waals surface area contributed by atoms with Gasteiger partial charge in [-0.2, -0.15) is 0 Å². The van der Waals surface area contributed by atoms with E-state index in [0.717, 1.165) is 11.3 Å². The second-order valence-electron chi connectivity index (χ2n) is 9.47. The third-order valence-electron chi connectivity index (χ3n) is 7.15. The number of carbonyl (C=O) groups is 3. The van der Waals surface area contributed by atoms with Crippen LogP contribution >= 0.6 is 0 Å². The van der Waals surface area contributed by atoms with Crippen LogP contribution < -0.4 is 16.0 Å². The number of hydrogen-bond acceptors (Lipinski definition) is 4. The van der Waals surface area contributed by atoms with E-state index < -0.39 is 11.7 Å². The number of rotatable bonds is 4. The van der Waals surface area contributed by atoms with Crippen molar-refractivity contribution >= 4 is 23.4 Å². The monoisotopic (exact) mass is 426 g/mol. The fourth-order valence-electron chi connectivity index (χ4n) is 5.14. The van der Waals surface area contributed by atoms with Crippen molar-refractivity contribution in [2.45, 2.75) is 76.9 Å². The molecule has 1 saturated carbocycles. The number of likely N-dealkylation sites (tertiary alicyclic amines) is 1. The highest BCUT2D eigenvalue weighted by Gasteiger charge is 2.41. The lowest BCUT2D eigenvalue weighted by Crippen LogP contribution is -2.58. The Morgan fingerprint density at radius 1 is 1.19 bits per heavy atom. The zero-order chi connectivity index (χ0) is 22.0. The largest absolute Gasteiger partial charge is 0.362 e. The maximum absolute atomic E-state index is 12.9. The van der Waals surface area contributed by atoms with Gasteiger partial charge in [0.15, 0.2) is 0 Å². The number of aryl methyl sites for hydroxylation is 1. The molecule has 1 spiro atoms.